The van der Waals surface area contributed by atoms with Gasteiger partial charge in [0.1, 0.15) is 17.3 Å². The largest absolute Gasteiger partial charge is 0.370 e. The number of hydrogen-bond donors (Lipinski definition) is 1. The lowest BCUT2D eigenvalue weighted by molar-refractivity contribution is -0.127. The molecule has 5 nitrogen and oxygen atoms in total. The first-order valence-corrected chi connectivity index (χ1v) is 18.7. The molecule has 4 rings (SSSR count). The highest BCUT2D eigenvalue weighted by atomic mass is 16.1. The average Bonchev–Trinajstić information content (AvgIpc) is 3.02. The topological polar surface area (TPSA) is 94.3 Å². The lowest BCUT2D eigenvalue weighted by Gasteiger charge is -2.36. The Morgan fingerprint density at radius 3 is 1.35 bits per heavy atom. The van der Waals surface area contributed by atoms with Crippen molar-refractivity contribution in [3.05, 3.63) is 70.8 Å². The summed E-state index contributed by atoms with van der Waals surface area (Å²) < 4.78 is 0. The van der Waals surface area contributed by atoms with E-state index in [9.17, 15) is 19.2 Å². The van der Waals surface area contributed by atoms with Crippen molar-refractivity contribution in [2.45, 2.75) is 126 Å². The molecule has 6 unspecified atom stereocenters. The number of aryl methyl sites for hydroxylation is 1. The van der Waals surface area contributed by atoms with Crippen molar-refractivity contribution in [1.29, 1.82) is 0 Å². The van der Waals surface area contributed by atoms with Crippen molar-refractivity contribution in [3.63, 3.8) is 0 Å². The van der Waals surface area contributed by atoms with Gasteiger partial charge in [-0.1, -0.05) is 103 Å². The number of rotatable bonds is 14. The molecule has 264 valence electrons. The maximum absolute atomic E-state index is 12.9. The van der Waals surface area contributed by atoms with Gasteiger partial charge in [-0.15, -0.1) is 0 Å². The molecule has 0 saturated heterocycles. The monoisotopic (exact) mass is 657 g/mol. The molecule has 0 bridgehead atoms. The van der Waals surface area contributed by atoms with Gasteiger partial charge in [-0.25, -0.2) is 0 Å². The summed E-state index contributed by atoms with van der Waals surface area (Å²) in [4.78, 5) is 47.7. The zero-order chi connectivity index (χ0) is 35.4. The molecule has 2 aromatic rings. The van der Waals surface area contributed by atoms with E-state index in [0.717, 1.165) is 42.4 Å². The van der Waals surface area contributed by atoms with Gasteiger partial charge in [-0.2, -0.15) is 0 Å². The minimum absolute atomic E-state index is 0.171. The van der Waals surface area contributed by atoms with E-state index in [1.165, 1.54) is 31.2 Å². The van der Waals surface area contributed by atoms with Crippen molar-refractivity contribution in [2.24, 2.45) is 53.1 Å². The van der Waals surface area contributed by atoms with Gasteiger partial charge in [-0.05, 0) is 103 Å². The first-order valence-electron chi connectivity index (χ1n) is 18.7. The molecule has 0 aliphatic heterocycles. The molecule has 0 aromatic heterocycles. The van der Waals surface area contributed by atoms with Gasteiger partial charge in [0.2, 0.25) is 5.91 Å². The van der Waals surface area contributed by atoms with Gasteiger partial charge >= 0.3 is 0 Å². The smallest absolute Gasteiger partial charge is 0.217 e. The van der Waals surface area contributed by atoms with Crippen LogP contribution in [0.25, 0.3) is 0 Å². The minimum Gasteiger partial charge on any atom is -0.370 e. The Labute approximate surface area is 291 Å². The number of nitrogens with two attached hydrogens (primary N) is 1. The van der Waals surface area contributed by atoms with Crippen LogP contribution >= 0.6 is 0 Å². The molecule has 0 heterocycles. The molecule has 5 heteroatoms. The molecule has 1 amide bonds. The van der Waals surface area contributed by atoms with Crippen LogP contribution in [0.5, 0.6) is 0 Å². The van der Waals surface area contributed by atoms with Crippen LogP contribution < -0.4 is 5.73 Å². The minimum atomic E-state index is -0.247. The fourth-order valence-corrected chi connectivity index (χ4v) is 8.16. The highest BCUT2D eigenvalue weighted by molar-refractivity contribution is 5.84. The summed E-state index contributed by atoms with van der Waals surface area (Å²) in [5, 5.41) is 0. The summed E-state index contributed by atoms with van der Waals surface area (Å²) in [5.41, 5.74) is 9.57. The van der Waals surface area contributed by atoms with Crippen molar-refractivity contribution < 1.29 is 19.2 Å². The van der Waals surface area contributed by atoms with Crippen LogP contribution in [0.4, 0.5) is 0 Å². The Kier molecular flexibility index (Phi) is 15.7. The molecular weight excluding hydrogens is 594 g/mol. The van der Waals surface area contributed by atoms with Crippen molar-refractivity contribution >= 4 is 23.3 Å². The number of benzene rings is 2. The third kappa shape index (κ3) is 12.7. The lowest BCUT2D eigenvalue weighted by atomic mass is 9.68. The van der Waals surface area contributed by atoms with Crippen LogP contribution in [-0.4, -0.2) is 23.3 Å². The second-order valence-electron chi connectivity index (χ2n) is 16.0. The van der Waals surface area contributed by atoms with Crippen molar-refractivity contribution in [1.82, 2.24) is 0 Å². The van der Waals surface area contributed by atoms with E-state index in [0.29, 0.717) is 72.8 Å². The third-order valence-electron chi connectivity index (χ3n) is 11.0. The van der Waals surface area contributed by atoms with E-state index < -0.39 is 0 Å². The summed E-state index contributed by atoms with van der Waals surface area (Å²) in [5.74, 6) is 4.73. The third-order valence-corrected chi connectivity index (χ3v) is 11.0. The second kappa shape index (κ2) is 19.2. The Bertz CT molecular complexity index is 1330. The van der Waals surface area contributed by atoms with Crippen LogP contribution in [0.2, 0.25) is 0 Å². The summed E-state index contributed by atoms with van der Waals surface area (Å²) in [7, 11) is 0. The van der Waals surface area contributed by atoms with E-state index in [-0.39, 0.29) is 23.5 Å². The number of ketones is 3. The number of amides is 1. The highest BCUT2D eigenvalue weighted by Gasteiger charge is 2.36. The number of carbonyl (C=O) groups is 4. The van der Waals surface area contributed by atoms with Crippen LogP contribution in [0.3, 0.4) is 0 Å². The summed E-state index contributed by atoms with van der Waals surface area (Å²) in [6.45, 7) is 15.2. The van der Waals surface area contributed by atoms with E-state index in [1.54, 1.807) is 6.92 Å². The molecule has 2 fully saturated rings. The molecular formula is C43H63NO4. The molecule has 2 N–H and O–H groups in total. The van der Waals surface area contributed by atoms with Crippen LogP contribution in [0.1, 0.15) is 122 Å². The lowest BCUT2D eigenvalue weighted by Crippen LogP contribution is -2.34. The molecule has 0 radical (unpaired) electrons. The second-order valence-corrected chi connectivity index (χ2v) is 16.0. The van der Waals surface area contributed by atoms with Gasteiger partial charge < -0.3 is 5.73 Å². The quantitative estimate of drug-likeness (QED) is 0.219. The average molecular weight is 658 g/mol. The normalized spacial score (nSPS) is 24.1. The van der Waals surface area contributed by atoms with Crippen molar-refractivity contribution in [2.75, 3.05) is 0 Å². The van der Waals surface area contributed by atoms with E-state index in [4.69, 9.17) is 5.73 Å². The number of carbonyl (C=O) groups excluding carboxylic acids is 4. The Morgan fingerprint density at radius 1 is 0.625 bits per heavy atom. The molecule has 2 aromatic carbocycles. The Balaban J connectivity index is 0.000000261. The molecule has 6 atom stereocenters. The standard InChI is InChI=1S/C22H33NO2.C21H30O2/c1-15(2)19-12-7-16(3)13-20(19)21(24)14-18-10-8-17(9-11-18)5-4-6-22(23)25;1-14(2)19-10-5-15(3)11-20(19)21(23)13-18-8-6-17(7-9-18)12-16(4)22/h8-11,15-16,19-20H,4-7,12-14H2,1-3H3,(H2,23,25);6-9,14-15,19-20H,5,10-13H2,1-4H3. The Morgan fingerprint density at radius 2 is 1.00 bits per heavy atom. The zero-order valence-corrected chi connectivity index (χ0v) is 30.9. The predicted octanol–water partition coefficient (Wildman–Crippen LogP) is 8.95. The van der Waals surface area contributed by atoms with E-state index in [1.807, 2.05) is 24.3 Å². The predicted molar refractivity (Wildman–Crippen MR) is 196 cm³/mol. The summed E-state index contributed by atoms with van der Waals surface area (Å²) in [6, 6.07) is 16.3. The van der Waals surface area contributed by atoms with Gasteiger partial charge in [0.25, 0.3) is 0 Å². The van der Waals surface area contributed by atoms with Crippen molar-refractivity contribution in [3.8, 4) is 0 Å². The van der Waals surface area contributed by atoms with Crippen LogP contribution in [-0.2, 0) is 44.9 Å². The SMILES string of the molecule is CC(=O)Cc1ccc(CC(=O)C2CC(C)CCC2C(C)C)cc1.CC1CCC(C(C)C)C(C(=O)Cc2ccc(CCCC(N)=O)cc2)C1. The fourth-order valence-electron chi connectivity index (χ4n) is 8.16. The fraction of sp³-hybridized carbons (Fsp3) is 0.628. The first kappa shape index (κ1) is 39.4. The first-order chi connectivity index (χ1) is 22.7. The number of primary amides is 1. The van der Waals surface area contributed by atoms with Gasteiger partial charge in [-0.3, -0.25) is 19.2 Å². The van der Waals surface area contributed by atoms with Gasteiger partial charge in [0.15, 0.2) is 0 Å². The molecule has 2 aliphatic carbocycles. The zero-order valence-electron chi connectivity index (χ0n) is 30.9. The Hall–Kier alpha value is -3.08. The molecule has 2 aliphatic rings. The van der Waals surface area contributed by atoms with E-state index in [2.05, 4.69) is 65.8 Å². The van der Waals surface area contributed by atoms with Gasteiger partial charge in [0, 0.05) is 37.5 Å². The summed E-state index contributed by atoms with van der Waals surface area (Å²) in [6.07, 6.45) is 10.6. The van der Waals surface area contributed by atoms with Crippen LogP contribution in [0, 0.1) is 47.3 Å². The maximum Gasteiger partial charge on any atom is 0.217 e. The highest BCUT2D eigenvalue weighted by Crippen LogP contribution is 2.40. The number of Topliss-reactive ketones (excluding diaryl/α,β-unsaturated/α-hetero) is 3. The number of hydrogen-bond acceptors (Lipinski definition) is 4. The van der Waals surface area contributed by atoms with Gasteiger partial charge in [0.05, 0.1) is 0 Å². The molecule has 48 heavy (non-hydrogen) atoms. The van der Waals surface area contributed by atoms with E-state index >= 15 is 0 Å². The molecule has 2 saturated carbocycles. The summed E-state index contributed by atoms with van der Waals surface area (Å²) >= 11 is 0. The van der Waals surface area contributed by atoms with Crippen LogP contribution in [0.15, 0.2) is 48.5 Å². The molecule has 0 spiro atoms. The maximum atomic E-state index is 12.9.